The molecule has 2 atom stereocenters. The summed E-state index contributed by atoms with van der Waals surface area (Å²) in [5.41, 5.74) is -0.627. The van der Waals surface area contributed by atoms with E-state index in [4.69, 9.17) is 27.9 Å². The average Bonchev–Trinajstić information content (AvgIpc) is 3.41. The van der Waals surface area contributed by atoms with E-state index < -0.39 is 47.7 Å². The minimum atomic E-state index is -4.60. The number of carbonyl (C=O) groups is 2. The number of morpholine rings is 1. The van der Waals surface area contributed by atoms with Crippen LogP contribution in [-0.4, -0.2) is 90.8 Å². The van der Waals surface area contributed by atoms with Crippen LogP contribution < -0.4 is 5.56 Å². The molecule has 2 aliphatic heterocycles. The summed E-state index contributed by atoms with van der Waals surface area (Å²) in [6.45, 7) is 0.519. The Kier molecular flexibility index (Phi) is 9.68. The van der Waals surface area contributed by atoms with Crippen LogP contribution in [0.5, 0.6) is 0 Å². The minimum Gasteiger partial charge on any atom is -0.465 e. The van der Waals surface area contributed by atoms with E-state index >= 15 is 0 Å². The van der Waals surface area contributed by atoms with Crippen molar-refractivity contribution in [1.29, 1.82) is 0 Å². The number of fused-ring (bicyclic) bond motifs is 1. The zero-order chi connectivity index (χ0) is 35.1. The summed E-state index contributed by atoms with van der Waals surface area (Å²) < 4.78 is 49.7. The number of hydrogen-bond acceptors (Lipinski definition) is 6. The summed E-state index contributed by atoms with van der Waals surface area (Å²) in [5, 5.41) is 21.6. The highest BCUT2D eigenvalue weighted by Gasteiger charge is 2.43. The second-order valence-electron chi connectivity index (χ2n) is 12.3. The molecular weight excluding hydrogens is 690 g/mol. The van der Waals surface area contributed by atoms with Gasteiger partial charge in [-0.25, -0.2) is 9.78 Å². The number of rotatable bonds is 7. The molecule has 4 aromatic rings. The van der Waals surface area contributed by atoms with E-state index in [1.165, 1.54) is 55.6 Å². The fourth-order valence-corrected chi connectivity index (χ4v) is 7.11. The second kappa shape index (κ2) is 13.7. The normalized spacial score (nSPS) is 18.9. The maximum absolute atomic E-state index is 13.8. The van der Waals surface area contributed by atoms with Crippen LogP contribution >= 0.6 is 23.2 Å². The number of alkyl halides is 3. The largest absolute Gasteiger partial charge is 0.465 e. The number of carbonyl (C=O) groups excluding carboxylic acids is 1. The fraction of sp³-hybridized carbons (Fsp3) is 0.394. The van der Waals surface area contributed by atoms with Crippen molar-refractivity contribution in [2.45, 2.75) is 49.5 Å². The third-order valence-corrected chi connectivity index (χ3v) is 9.81. The summed E-state index contributed by atoms with van der Waals surface area (Å²) >= 11 is 13.2. The number of piperidine rings is 1. The first-order chi connectivity index (χ1) is 23.3. The van der Waals surface area contributed by atoms with Crippen LogP contribution in [0.15, 0.2) is 65.7 Å². The molecule has 4 heterocycles. The van der Waals surface area contributed by atoms with Crippen molar-refractivity contribution < 1.29 is 37.7 Å². The highest BCUT2D eigenvalue weighted by molar-refractivity contribution is 6.32. The van der Waals surface area contributed by atoms with Gasteiger partial charge in [0.05, 0.1) is 42.7 Å². The zero-order valence-corrected chi connectivity index (χ0v) is 27.5. The Hall–Kier alpha value is -4.11. The summed E-state index contributed by atoms with van der Waals surface area (Å²) in [5.74, 6) is -2.61. The molecule has 6 rings (SSSR count). The first-order valence-corrected chi connectivity index (χ1v) is 16.3. The number of hydrogen-bond donors (Lipinski definition) is 2. The summed E-state index contributed by atoms with van der Waals surface area (Å²) in [4.78, 5) is 45.3. The zero-order valence-electron chi connectivity index (χ0n) is 25.9. The predicted octanol–water partition coefficient (Wildman–Crippen LogP) is 5.64. The van der Waals surface area contributed by atoms with E-state index in [0.717, 1.165) is 0 Å². The first kappa shape index (κ1) is 34.7. The van der Waals surface area contributed by atoms with Crippen LogP contribution in [0.1, 0.15) is 42.3 Å². The van der Waals surface area contributed by atoms with E-state index in [1.807, 2.05) is 0 Å². The monoisotopic (exact) mass is 721 g/mol. The predicted molar refractivity (Wildman–Crippen MR) is 174 cm³/mol. The van der Waals surface area contributed by atoms with Crippen LogP contribution in [0.3, 0.4) is 0 Å². The molecular formula is C33H32Cl2F3N5O6. The van der Waals surface area contributed by atoms with Gasteiger partial charge in [-0.1, -0.05) is 59.6 Å². The van der Waals surface area contributed by atoms with Crippen LogP contribution in [0.4, 0.5) is 18.0 Å². The van der Waals surface area contributed by atoms with Gasteiger partial charge in [0.15, 0.2) is 5.65 Å². The Bertz CT molecular complexity index is 1930. The molecule has 0 aliphatic carbocycles. The van der Waals surface area contributed by atoms with E-state index in [2.05, 4.69) is 4.98 Å². The van der Waals surface area contributed by atoms with Crippen molar-refractivity contribution in [3.05, 3.63) is 92.6 Å². The molecule has 2 fully saturated rings. The molecule has 2 saturated heterocycles. The lowest BCUT2D eigenvalue weighted by Crippen LogP contribution is -2.50. The number of benzene rings is 2. The molecule has 0 unspecified atom stereocenters. The van der Waals surface area contributed by atoms with Gasteiger partial charge in [0, 0.05) is 36.8 Å². The van der Waals surface area contributed by atoms with Crippen molar-refractivity contribution in [2.75, 3.05) is 32.8 Å². The molecule has 0 radical (unpaired) electrons. The first-order valence-electron chi connectivity index (χ1n) is 15.5. The van der Waals surface area contributed by atoms with Crippen molar-refractivity contribution in [3.8, 4) is 5.69 Å². The molecule has 49 heavy (non-hydrogen) atoms. The lowest BCUT2D eigenvalue weighted by atomic mass is 9.89. The maximum Gasteiger partial charge on any atom is 0.407 e. The lowest BCUT2D eigenvalue weighted by molar-refractivity contribution is -0.162. The van der Waals surface area contributed by atoms with Crippen molar-refractivity contribution >= 4 is 46.2 Å². The van der Waals surface area contributed by atoms with Crippen LogP contribution in [-0.2, 0) is 16.1 Å². The van der Waals surface area contributed by atoms with Crippen molar-refractivity contribution in [3.63, 3.8) is 0 Å². The van der Waals surface area contributed by atoms with Gasteiger partial charge < -0.3 is 19.8 Å². The van der Waals surface area contributed by atoms with Gasteiger partial charge >= 0.3 is 12.3 Å². The molecule has 2 N–H and O–H groups in total. The summed E-state index contributed by atoms with van der Waals surface area (Å²) in [7, 11) is 0. The van der Waals surface area contributed by atoms with Crippen LogP contribution in [0.25, 0.3) is 16.7 Å². The molecule has 0 saturated carbocycles. The number of aromatic nitrogens is 3. The second-order valence-corrected chi connectivity index (χ2v) is 13.1. The number of carboxylic acid groups (broad SMARTS) is 1. The molecule has 11 nitrogen and oxygen atoms in total. The van der Waals surface area contributed by atoms with Crippen molar-refractivity contribution in [1.82, 2.24) is 23.9 Å². The number of aliphatic hydroxyl groups is 1. The maximum atomic E-state index is 13.8. The number of likely N-dealkylation sites (tertiary alicyclic amines) is 1. The average molecular weight is 723 g/mol. The van der Waals surface area contributed by atoms with E-state index in [0.29, 0.717) is 11.3 Å². The van der Waals surface area contributed by atoms with Crippen LogP contribution in [0.2, 0.25) is 10.2 Å². The third-order valence-electron chi connectivity index (χ3n) is 9.20. The molecule has 2 aromatic carbocycles. The molecule has 16 heteroatoms. The van der Waals surface area contributed by atoms with Crippen LogP contribution in [0, 0.1) is 0 Å². The summed E-state index contributed by atoms with van der Waals surface area (Å²) in [6.07, 6.45) is -5.07. The fourth-order valence-electron chi connectivity index (χ4n) is 6.52. The summed E-state index contributed by atoms with van der Waals surface area (Å²) in [6, 6.07) is 13.1. The standard InChI is InChI=1S/C33H32Cl2F3N5O6/c34-25-14-21(6-7-22(25)26-17-49-13-12-42(26)31(46)47)43-27(35)15-23-29(43)39-19-41(30(23)45)18-32(48)8-10-40(11-9-32)28(44)16-24(33(36,37)38)20-4-2-1-3-5-20/h1-7,14-15,19,24,26,48H,8-13,16-18H2,(H,46,47)/t24-,26-/m1/s1. The number of ether oxygens (including phenoxy) is 1. The van der Waals surface area contributed by atoms with Gasteiger partial charge in [-0.2, -0.15) is 13.2 Å². The third kappa shape index (κ3) is 7.14. The van der Waals surface area contributed by atoms with Gasteiger partial charge in [0.1, 0.15) is 11.5 Å². The molecule has 0 spiro atoms. The molecule has 2 amide bonds. The molecule has 2 aromatic heterocycles. The molecule has 260 valence electrons. The Balaban J connectivity index is 1.16. The minimum absolute atomic E-state index is 0.00908. The Labute approximate surface area is 288 Å². The lowest BCUT2D eigenvalue weighted by Gasteiger charge is -2.39. The van der Waals surface area contributed by atoms with Gasteiger partial charge in [-0.05, 0) is 42.2 Å². The topological polar surface area (TPSA) is 130 Å². The van der Waals surface area contributed by atoms with Gasteiger partial charge in [-0.15, -0.1) is 0 Å². The van der Waals surface area contributed by atoms with E-state index in [-0.39, 0.29) is 79.0 Å². The highest BCUT2D eigenvalue weighted by Crippen LogP contribution is 2.38. The van der Waals surface area contributed by atoms with Gasteiger partial charge in [-0.3, -0.25) is 23.6 Å². The van der Waals surface area contributed by atoms with Crippen molar-refractivity contribution in [2.24, 2.45) is 0 Å². The number of amides is 2. The quantitative estimate of drug-likeness (QED) is 0.253. The Morgan fingerprint density at radius 2 is 1.78 bits per heavy atom. The van der Waals surface area contributed by atoms with Gasteiger partial charge in [0.25, 0.3) is 5.56 Å². The van der Waals surface area contributed by atoms with Gasteiger partial charge in [0.2, 0.25) is 5.91 Å². The highest BCUT2D eigenvalue weighted by atomic mass is 35.5. The smallest absolute Gasteiger partial charge is 0.407 e. The number of halogens is 5. The Morgan fingerprint density at radius 3 is 2.43 bits per heavy atom. The van der Waals surface area contributed by atoms with E-state index in [1.54, 1.807) is 24.3 Å². The Morgan fingerprint density at radius 1 is 1.06 bits per heavy atom. The molecule has 0 bridgehead atoms. The molecule has 2 aliphatic rings. The van der Waals surface area contributed by atoms with E-state index in [9.17, 15) is 37.8 Å². The SMILES string of the molecule is O=C(C[C@H](c1ccccc1)C(F)(F)F)N1CCC(O)(Cn2cnc3c(cc(Cl)n3-c3ccc([C@H]4COCCN4C(=O)O)c(Cl)c3)c2=O)CC1. The number of nitrogens with zero attached hydrogens (tertiary/aromatic N) is 5.